The van der Waals surface area contributed by atoms with Crippen LogP contribution in [0.1, 0.15) is 12.0 Å². The van der Waals surface area contributed by atoms with Gasteiger partial charge >= 0.3 is 0 Å². The molecule has 0 aromatic heterocycles. The molecule has 0 radical (unpaired) electrons. The molecule has 0 aliphatic carbocycles. The second kappa shape index (κ2) is 6.14. The first-order chi connectivity index (χ1) is 10.3. The molecule has 1 aliphatic rings. The van der Waals surface area contributed by atoms with Crippen LogP contribution in [0.2, 0.25) is 0 Å². The maximum atomic E-state index is 12.2. The summed E-state index contributed by atoms with van der Waals surface area (Å²) in [4.78, 5) is 12.2. The van der Waals surface area contributed by atoms with Crippen molar-refractivity contribution in [3.63, 3.8) is 0 Å². The van der Waals surface area contributed by atoms with Crippen molar-refractivity contribution in [3.05, 3.63) is 42.0 Å². The van der Waals surface area contributed by atoms with E-state index in [4.69, 9.17) is 4.74 Å². The third-order valence-corrected chi connectivity index (χ3v) is 4.09. The van der Waals surface area contributed by atoms with Gasteiger partial charge in [-0.15, -0.1) is 0 Å². The molecular formula is C17H20N2O2. The quantitative estimate of drug-likeness (QED) is 0.903. The molecule has 2 aromatic rings. The van der Waals surface area contributed by atoms with Gasteiger partial charge in [-0.2, -0.15) is 0 Å². The molecule has 1 aliphatic heterocycles. The van der Waals surface area contributed by atoms with Crippen LogP contribution in [0.4, 0.5) is 0 Å². The normalized spacial score (nSPS) is 17.9. The number of carbonyl (C=O) groups is 1. The molecule has 1 heterocycles. The SMILES string of the molecule is COc1ccc2ccccc2c1CNC(=O)C1CCNC1. The number of methoxy groups -OCH3 is 1. The lowest BCUT2D eigenvalue weighted by Gasteiger charge is -2.14. The van der Waals surface area contributed by atoms with Crippen LogP contribution in [-0.4, -0.2) is 26.1 Å². The third-order valence-electron chi connectivity index (χ3n) is 4.09. The monoisotopic (exact) mass is 284 g/mol. The first-order valence-electron chi connectivity index (χ1n) is 7.32. The molecule has 1 atom stereocenters. The summed E-state index contributed by atoms with van der Waals surface area (Å²) in [7, 11) is 1.66. The fourth-order valence-corrected chi connectivity index (χ4v) is 2.89. The predicted octanol–water partition coefficient (Wildman–Crippen LogP) is 2.07. The second-order valence-electron chi connectivity index (χ2n) is 5.38. The summed E-state index contributed by atoms with van der Waals surface area (Å²) in [6, 6.07) is 12.2. The van der Waals surface area contributed by atoms with E-state index >= 15 is 0 Å². The molecule has 21 heavy (non-hydrogen) atoms. The Morgan fingerprint density at radius 2 is 2.19 bits per heavy atom. The molecular weight excluding hydrogens is 264 g/mol. The van der Waals surface area contributed by atoms with Gasteiger partial charge in [0.1, 0.15) is 5.75 Å². The van der Waals surface area contributed by atoms with Crippen LogP contribution in [0.5, 0.6) is 5.75 Å². The molecule has 2 N–H and O–H groups in total. The van der Waals surface area contributed by atoms with Gasteiger partial charge in [0.2, 0.25) is 5.91 Å². The van der Waals surface area contributed by atoms with Crippen LogP contribution in [0.25, 0.3) is 10.8 Å². The topological polar surface area (TPSA) is 50.4 Å². The van der Waals surface area contributed by atoms with Gasteiger partial charge in [-0.25, -0.2) is 0 Å². The molecule has 0 saturated carbocycles. The number of nitrogens with one attached hydrogen (secondary N) is 2. The number of rotatable bonds is 4. The Hall–Kier alpha value is -2.07. The Bertz CT molecular complexity index is 648. The molecule has 1 amide bonds. The second-order valence-corrected chi connectivity index (χ2v) is 5.38. The van der Waals surface area contributed by atoms with Crippen LogP contribution >= 0.6 is 0 Å². The van der Waals surface area contributed by atoms with E-state index in [1.54, 1.807) is 7.11 Å². The van der Waals surface area contributed by atoms with Crippen LogP contribution < -0.4 is 15.4 Å². The summed E-state index contributed by atoms with van der Waals surface area (Å²) in [6.45, 7) is 2.20. The number of ether oxygens (including phenoxy) is 1. The van der Waals surface area contributed by atoms with Crippen molar-refractivity contribution < 1.29 is 9.53 Å². The largest absolute Gasteiger partial charge is 0.496 e. The highest BCUT2D eigenvalue weighted by Crippen LogP contribution is 2.27. The summed E-state index contributed by atoms with van der Waals surface area (Å²) in [5, 5.41) is 8.55. The Labute approximate surface area is 124 Å². The Morgan fingerprint density at radius 3 is 2.95 bits per heavy atom. The van der Waals surface area contributed by atoms with Crippen LogP contribution in [0.3, 0.4) is 0 Å². The molecule has 2 aromatic carbocycles. The Balaban J connectivity index is 1.83. The van der Waals surface area contributed by atoms with Crippen LogP contribution in [-0.2, 0) is 11.3 Å². The van der Waals surface area contributed by atoms with Crippen LogP contribution in [0.15, 0.2) is 36.4 Å². The molecule has 1 saturated heterocycles. The maximum absolute atomic E-state index is 12.2. The zero-order valence-electron chi connectivity index (χ0n) is 12.2. The third kappa shape index (κ3) is 2.85. The van der Waals surface area contributed by atoms with Crippen molar-refractivity contribution in [3.8, 4) is 5.75 Å². The van der Waals surface area contributed by atoms with E-state index in [0.29, 0.717) is 6.54 Å². The standard InChI is InChI=1S/C17H20N2O2/c1-21-16-7-6-12-4-2-3-5-14(12)15(16)11-19-17(20)13-8-9-18-10-13/h2-7,13,18H,8-11H2,1H3,(H,19,20). The Morgan fingerprint density at radius 1 is 1.33 bits per heavy atom. The fraction of sp³-hybridized carbons (Fsp3) is 0.353. The number of fused-ring (bicyclic) bond motifs is 1. The van der Waals surface area contributed by atoms with Gasteiger partial charge in [-0.1, -0.05) is 30.3 Å². The maximum Gasteiger partial charge on any atom is 0.224 e. The molecule has 1 fully saturated rings. The summed E-state index contributed by atoms with van der Waals surface area (Å²) in [6.07, 6.45) is 0.915. The van der Waals surface area contributed by atoms with Crippen molar-refractivity contribution in [2.75, 3.05) is 20.2 Å². The molecule has 3 rings (SSSR count). The van der Waals surface area contributed by atoms with E-state index in [9.17, 15) is 4.79 Å². The smallest absolute Gasteiger partial charge is 0.224 e. The average molecular weight is 284 g/mol. The highest BCUT2D eigenvalue weighted by molar-refractivity contribution is 5.88. The highest BCUT2D eigenvalue weighted by Gasteiger charge is 2.22. The lowest BCUT2D eigenvalue weighted by Crippen LogP contribution is -2.31. The zero-order chi connectivity index (χ0) is 14.7. The first kappa shape index (κ1) is 13.9. The van der Waals surface area contributed by atoms with E-state index in [-0.39, 0.29) is 11.8 Å². The molecule has 110 valence electrons. The lowest BCUT2D eigenvalue weighted by molar-refractivity contribution is -0.124. The predicted molar refractivity (Wildman–Crippen MR) is 83.3 cm³/mol. The first-order valence-corrected chi connectivity index (χ1v) is 7.32. The minimum absolute atomic E-state index is 0.0889. The van der Waals surface area contributed by atoms with E-state index in [1.807, 2.05) is 24.3 Å². The summed E-state index contributed by atoms with van der Waals surface area (Å²) >= 11 is 0. The lowest BCUT2D eigenvalue weighted by atomic mass is 10.0. The van der Waals surface area contributed by atoms with E-state index in [0.717, 1.165) is 41.6 Å². The van der Waals surface area contributed by atoms with Gasteiger partial charge in [0, 0.05) is 18.7 Å². The summed E-state index contributed by atoms with van der Waals surface area (Å²) < 4.78 is 5.45. The highest BCUT2D eigenvalue weighted by atomic mass is 16.5. The van der Waals surface area contributed by atoms with Crippen LogP contribution in [0, 0.1) is 5.92 Å². The van der Waals surface area contributed by atoms with E-state index < -0.39 is 0 Å². The van der Waals surface area contributed by atoms with Crippen molar-refractivity contribution in [2.24, 2.45) is 5.92 Å². The number of benzene rings is 2. The van der Waals surface area contributed by atoms with Crippen molar-refractivity contribution in [1.29, 1.82) is 0 Å². The van der Waals surface area contributed by atoms with Gasteiger partial charge in [0.25, 0.3) is 0 Å². The number of amides is 1. The molecule has 0 spiro atoms. The molecule has 4 heteroatoms. The van der Waals surface area contributed by atoms with Gasteiger partial charge in [0.15, 0.2) is 0 Å². The van der Waals surface area contributed by atoms with Gasteiger partial charge in [-0.3, -0.25) is 4.79 Å². The average Bonchev–Trinajstić information content (AvgIpc) is 3.06. The van der Waals surface area contributed by atoms with Crippen molar-refractivity contribution in [1.82, 2.24) is 10.6 Å². The van der Waals surface area contributed by atoms with Gasteiger partial charge < -0.3 is 15.4 Å². The molecule has 0 bridgehead atoms. The van der Waals surface area contributed by atoms with Gasteiger partial charge in [-0.05, 0) is 29.8 Å². The van der Waals surface area contributed by atoms with E-state index in [1.165, 1.54) is 0 Å². The van der Waals surface area contributed by atoms with Crippen molar-refractivity contribution in [2.45, 2.75) is 13.0 Å². The van der Waals surface area contributed by atoms with Crippen molar-refractivity contribution >= 4 is 16.7 Å². The van der Waals surface area contributed by atoms with E-state index in [2.05, 4.69) is 22.8 Å². The Kier molecular flexibility index (Phi) is 4.06. The molecule has 1 unspecified atom stereocenters. The zero-order valence-corrected chi connectivity index (χ0v) is 12.2. The summed E-state index contributed by atoms with van der Waals surface area (Å²) in [5.74, 6) is 1.03. The minimum Gasteiger partial charge on any atom is -0.496 e. The number of hydrogen-bond donors (Lipinski definition) is 2. The number of carbonyl (C=O) groups excluding carboxylic acids is 1. The minimum atomic E-state index is 0.0889. The van der Waals surface area contributed by atoms with Gasteiger partial charge in [0.05, 0.1) is 13.0 Å². The summed E-state index contributed by atoms with van der Waals surface area (Å²) in [5.41, 5.74) is 1.04. The number of hydrogen-bond acceptors (Lipinski definition) is 3. The molecule has 4 nitrogen and oxygen atoms in total. The fourth-order valence-electron chi connectivity index (χ4n) is 2.89.